The molecule has 1 aromatic carbocycles. The average Bonchev–Trinajstić information content (AvgIpc) is 2.34. The van der Waals surface area contributed by atoms with Crippen LogP contribution in [0.2, 0.25) is 0 Å². The summed E-state index contributed by atoms with van der Waals surface area (Å²) in [6, 6.07) is 8.43. The molecule has 0 aromatic heterocycles. The summed E-state index contributed by atoms with van der Waals surface area (Å²) in [7, 11) is 0. The standard InChI is InChI=1S/C15H23NO2/c1-4-12-5-7-13(8-6-12)9-16-10-14(11(2)3)15(17)18/h5-8,11,14,16H,4,9-10H2,1-3H3,(H,17,18). The molecule has 0 aliphatic carbocycles. The summed E-state index contributed by atoms with van der Waals surface area (Å²) in [4.78, 5) is 11.0. The first-order chi connectivity index (χ1) is 8.54. The van der Waals surface area contributed by atoms with Crippen molar-refractivity contribution in [1.82, 2.24) is 5.32 Å². The fraction of sp³-hybridized carbons (Fsp3) is 0.533. The van der Waals surface area contributed by atoms with Crippen molar-refractivity contribution in [2.75, 3.05) is 6.54 Å². The Balaban J connectivity index is 2.42. The monoisotopic (exact) mass is 249 g/mol. The molecule has 2 N–H and O–H groups in total. The van der Waals surface area contributed by atoms with E-state index in [9.17, 15) is 4.79 Å². The molecule has 0 fully saturated rings. The summed E-state index contributed by atoms with van der Waals surface area (Å²) in [5.74, 6) is -0.892. The number of carbonyl (C=O) groups is 1. The van der Waals surface area contributed by atoms with Gasteiger partial charge in [-0.05, 0) is 23.5 Å². The molecule has 0 spiro atoms. The predicted octanol–water partition coefficient (Wildman–Crippen LogP) is 2.70. The molecule has 1 unspecified atom stereocenters. The lowest BCUT2D eigenvalue weighted by molar-refractivity contribution is -0.143. The maximum Gasteiger partial charge on any atom is 0.308 e. The molecule has 0 heterocycles. The van der Waals surface area contributed by atoms with Gasteiger partial charge in [0, 0.05) is 13.1 Å². The van der Waals surface area contributed by atoms with Crippen LogP contribution in [0.5, 0.6) is 0 Å². The third-order valence-corrected chi connectivity index (χ3v) is 3.25. The van der Waals surface area contributed by atoms with Crippen LogP contribution in [0, 0.1) is 11.8 Å². The summed E-state index contributed by atoms with van der Waals surface area (Å²) in [5, 5.41) is 12.3. The minimum Gasteiger partial charge on any atom is -0.481 e. The smallest absolute Gasteiger partial charge is 0.308 e. The van der Waals surface area contributed by atoms with Gasteiger partial charge in [0.05, 0.1) is 5.92 Å². The van der Waals surface area contributed by atoms with E-state index in [4.69, 9.17) is 5.11 Å². The number of hydrogen-bond donors (Lipinski definition) is 2. The van der Waals surface area contributed by atoms with Crippen molar-refractivity contribution in [3.63, 3.8) is 0 Å². The maximum atomic E-state index is 11.0. The molecule has 0 radical (unpaired) electrons. The van der Waals surface area contributed by atoms with Gasteiger partial charge in [0.15, 0.2) is 0 Å². The van der Waals surface area contributed by atoms with Crippen LogP contribution in [-0.2, 0) is 17.8 Å². The lowest BCUT2D eigenvalue weighted by Gasteiger charge is -2.16. The SMILES string of the molecule is CCc1ccc(CNCC(C(=O)O)C(C)C)cc1. The summed E-state index contributed by atoms with van der Waals surface area (Å²) in [6.45, 7) is 7.25. The van der Waals surface area contributed by atoms with Crippen molar-refractivity contribution in [3.8, 4) is 0 Å². The van der Waals surface area contributed by atoms with E-state index in [-0.39, 0.29) is 11.8 Å². The van der Waals surface area contributed by atoms with E-state index >= 15 is 0 Å². The first-order valence-corrected chi connectivity index (χ1v) is 6.56. The molecule has 0 saturated heterocycles. The second-order valence-electron chi connectivity index (χ2n) is 4.99. The van der Waals surface area contributed by atoms with Gasteiger partial charge in [-0.2, -0.15) is 0 Å². The van der Waals surface area contributed by atoms with Gasteiger partial charge in [-0.3, -0.25) is 4.79 Å². The van der Waals surface area contributed by atoms with Crippen molar-refractivity contribution in [3.05, 3.63) is 35.4 Å². The number of hydrogen-bond acceptors (Lipinski definition) is 2. The fourth-order valence-corrected chi connectivity index (χ4v) is 1.87. The summed E-state index contributed by atoms with van der Waals surface area (Å²) in [6.07, 6.45) is 1.04. The second kappa shape index (κ2) is 7.17. The van der Waals surface area contributed by atoms with Crippen LogP contribution in [-0.4, -0.2) is 17.6 Å². The Kier molecular flexibility index (Phi) is 5.86. The summed E-state index contributed by atoms with van der Waals surface area (Å²) in [5.41, 5.74) is 2.52. The molecule has 3 heteroatoms. The van der Waals surface area contributed by atoms with Crippen LogP contribution < -0.4 is 5.32 Å². The molecule has 18 heavy (non-hydrogen) atoms. The molecule has 0 amide bonds. The Morgan fingerprint density at radius 1 is 1.22 bits per heavy atom. The number of aryl methyl sites for hydroxylation is 1. The Labute approximate surface area is 109 Å². The molecular weight excluding hydrogens is 226 g/mol. The molecular formula is C15H23NO2. The Hall–Kier alpha value is -1.35. The van der Waals surface area contributed by atoms with E-state index in [0.717, 1.165) is 13.0 Å². The number of nitrogens with one attached hydrogen (secondary N) is 1. The molecule has 1 atom stereocenters. The Bertz CT molecular complexity index is 371. The van der Waals surface area contributed by atoms with E-state index < -0.39 is 5.97 Å². The molecule has 3 nitrogen and oxygen atoms in total. The highest BCUT2D eigenvalue weighted by atomic mass is 16.4. The highest BCUT2D eigenvalue weighted by Gasteiger charge is 2.20. The van der Waals surface area contributed by atoms with E-state index in [1.54, 1.807) is 0 Å². The van der Waals surface area contributed by atoms with Crippen LogP contribution in [0.3, 0.4) is 0 Å². The number of rotatable bonds is 7. The molecule has 1 aromatic rings. The zero-order chi connectivity index (χ0) is 13.5. The maximum absolute atomic E-state index is 11.0. The third kappa shape index (κ3) is 4.49. The van der Waals surface area contributed by atoms with E-state index in [1.165, 1.54) is 11.1 Å². The van der Waals surface area contributed by atoms with Gasteiger partial charge in [0.25, 0.3) is 0 Å². The van der Waals surface area contributed by atoms with Gasteiger partial charge in [-0.25, -0.2) is 0 Å². The highest BCUT2D eigenvalue weighted by Crippen LogP contribution is 2.10. The van der Waals surface area contributed by atoms with Crippen LogP contribution in [0.4, 0.5) is 0 Å². The lowest BCUT2D eigenvalue weighted by Crippen LogP contribution is -2.31. The quantitative estimate of drug-likeness (QED) is 0.781. The van der Waals surface area contributed by atoms with Crippen LogP contribution in [0.15, 0.2) is 24.3 Å². The lowest BCUT2D eigenvalue weighted by atomic mass is 9.96. The van der Waals surface area contributed by atoms with Gasteiger partial charge in [-0.1, -0.05) is 45.0 Å². The van der Waals surface area contributed by atoms with Crippen LogP contribution in [0.1, 0.15) is 31.9 Å². The normalized spacial score (nSPS) is 12.7. The number of aliphatic carboxylic acids is 1. The fourth-order valence-electron chi connectivity index (χ4n) is 1.87. The second-order valence-corrected chi connectivity index (χ2v) is 4.99. The van der Waals surface area contributed by atoms with Gasteiger partial charge >= 0.3 is 5.97 Å². The predicted molar refractivity (Wildman–Crippen MR) is 73.5 cm³/mol. The van der Waals surface area contributed by atoms with Gasteiger partial charge in [0.2, 0.25) is 0 Å². The van der Waals surface area contributed by atoms with Crippen molar-refractivity contribution in [2.24, 2.45) is 11.8 Å². The number of benzene rings is 1. The van der Waals surface area contributed by atoms with Crippen LogP contribution in [0.25, 0.3) is 0 Å². The van der Waals surface area contributed by atoms with Crippen molar-refractivity contribution >= 4 is 5.97 Å². The topological polar surface area (TPSA) is 49.3 Å². The summed E-state index contributed by atoms with van der Waals surface area (Å²) >= 11 is 0. The summed E-state index contributed by atoms with van der Waals surface area (Å²) < 4.78 is 0. The average molecular weight is 249 g/mol. The molecule has 0 bridgehead atoms. The zero-order valence-corrected chi connectivity index (χ0v) is 11.4. The van der Waals surface area contributed by atoms with E-state index in [2.05, 4.69) is 36.5 Å². The van der Waals surface area contributed by atoms with E-state index in [0.29, 0.717) is 6.54 Å². The zero-order valence-electron chi connectivity index (χ0n) is 11.4. The molecule has 0 aliphatic rings. The third-order valence-electron chi connectivity index (χ3n) is 3.25. The van der Waals surface area contributed by atoms with Crippen molar-refractivity contribution in [2.45, 2.75) is 33.7 Å². The molecule has 0 aliphatic heterocycles. The van der Waals surface area contributed by atoms with Gasteiger partial charge in [0.1, 0.15) is 0 Å². The minimum atomic E-state index is -0.723. The number of carboxylic acids is 1. The Morgan fingerprint density at radius 3 is 2.22 bits per heavy atom. The van der Waals surface area contributed by atoms with Crippen molar-refractivity contribution in [1.29, 1.82) is 0 Å². The van der Waals surface area contributed by atoms with Crippen molar-refractivity contribution < 1.29 is 9.90 Å². The van der Waals surface area contributed by atoms with E-state index in [1.807, 2.05) is 13.8 Å². The Morgan fingerprint density at radius 2 is 1.78 bits per heavy atom. The largest absolute Gasteiger partial charge is 0.481 e. The first kappa shape index (κ1) is 14.7. The first-order valence-electron chi connectivity index (χ1n) is 6.56. The van der Waals surface area contributed by atoms with Gasteiger partial charge < -0.3 is 10.4 Å². The number of carboxylic acid groups (broad SMARTS) is 1. The van der Waals surface area contributed by atoms with Crippen LogP contribution >= 0.6 is 0 Å². The molecule has 1 rings (SSSR count). The van der Waals surface area contributed by atoms with Gasteiger partial charge in [-0.15, -0.1) is 0 Å². The molecule has 100 valence electrons. The highest BCUT2D eigenvalue weighted by molar-refractivity contribution is 5.70. The minimum absolute atomic E-state index is 0.150. The molecule has 0 saturated carbocycles.